The molecule has 1 atom stereocenters. The number of hydrogen-bond donors (Lipinski definition) is 2. The van der Waals surface area contributed by atoms with Gasteiger partial charge < -0.3 is 10.2 Å². The fraction of sp³-hybridized carbons (Fsp3) is 0.455. The van der Waals surface area contributed by atoms with Gasteiger partial charge in [0, 0.05) is 17.2 Å². The van der Waals surface area contributed by atoms with Gasteiger partial charge >= 0.3 is 0 Å². The van der Waals surface area contributed by atoms with Crippen molar-refractivity contribution >= 4 is 11.6 Å². The quantitative estimate of drug-likeness (QED) is 0.767. The third-order valence-corrected chi connectivity index (χ3v) is 2.44. The predicted octanol–water partition coefficient (Wildman–Crippen LogP) is 2.68. The van der Waals surface area contributed by atoms with Gasteiger partial charge in [-0.3, -0.25) is 0 Å². The molecule has 0 aliphatic heterocycles. The molecular weight excluding hydrogens is 219 g/mol. The van der Waals surface area contributed by atoms with E-state index in [1.807, 2.05) is 0 Å². The molecule has 2 N–H and O–H groups in total. The van der Waals surface area contributed by atoms with Gasteiger partial charge in [0.25, 0.3) is 0 Å². The van der Waals surface area contributed by atoms with Crippen molar-refractivity contribution in [2.75, 3.05) is 6.61 Å². The van der Waals surface area contributed by atoms with Crippen LogP contribution in [0.25, 0.3) is 0 Å². The molecule has 0 radical (unpaired) electrons. The van der Waals surface area contributed by atoms with Crippen LogP contribution in [0.4, 0.5) is 4.39 Å². The number of benzene rings is 1. The molecule has 0 spiro atoms. The smallest absolute Gasteiger partial charge is 0.129 e. The van der Waals surface area contributed by atoms with E-state index in [0.29, 0.717) is 24.3 Å². The zero-order valence-corrected chi connectivity index (χ0v) is 9.04. The molecule has 1 unspecified atom stereocenters. The minimum atomic E-state index is -0.852. The highest BCUT2D eigenvalue weighted by molar-refractivity contribution is 6.30. The van der Waals surface area contributed by atoms with Crippen LogP contribution in [0.3, 0.4) is 0 Å². The fourth-order valence-electron chi connectivity index (χ4n) is 1.37. The molecule has 0 aromatic heterocycles. The summed E-state index contributed by atoms with van der Waals surface area (Å²) in [4.78, 5) is 0. The van der Waals surface area contributed by atoms with Crippen molar-refractivity contribution in [2.24, 2.45) is 0 Å². The third kappa shape index (κ3) is 3.78. The fourth-order valence-corrected chi connectivity index (χ4v) is 1.56. The first-order chi connectivity index (χ1) is 7.15. The van der Waals surface area contributed by atoms with Crippen LogP contribution in [0, 0.1) is 5.82 Å². The first-order valence-corrected chi connectivity index (χ1v) is 5.27. The summed E-state index contributed by atoms with van der Waals surface area (Å²) in [5, 5.41) is 18.7. The molecule has 4 heteroatoms. The first kappa shape index (κ1) is 12.4. The summed E-state index contributed by atoms with van der Waals surface area (Å²) in [7, 11) is 0. The Morgan fingerprint density at radius 2 is 2.07 bits per heavy atom. The van der Waals surface area contributed by atoms with E-state index in [1.54, 1.807) is 0 Å². The summed E-state index contributed by atoms with van der Waals surface area (Å²) in [6.07, 6.45) is 0.844. The predicted molar refractivity (Wildman–Crippen MR) is 57.3 cm³/mol. The minimum absolute atomic E-state index is 0.0880. The Labute approximate surface area is 93.3 Å². The largest absolute Gasteiger partial charge is 0.396 e. The summed E-state index contributed by atoms with van der Waals surface area (Å²) >= 11 is 5.70. The lowest BCUT2D eigenvalue weighted by molar-refractivity contribution is 0.155. The maximum Gasteiger partial charge on any atom is 0.129 e. The molecule has 0 aliphatic rings. The SMILES string of the molecule is OCCCCC(O)c1cc(Cl)ccc1F. The van der Waals surface area contributed by atoms with Gasteiger partial charge in [0.2, 0.25) is 0 Å². The summed E-state index contributed by atoms with van der Waals surface area (Å²) in [6, 6.07) is 4.12. The monoisotopic (exact) mass is 232 g/mol. The van der Waals surface area contributed by atoms with E-state index in [1.165, 1.54) is 18.2 Å². The van der Waals surface area contributed by atoms with Crippen molar-refractivity contribution in [1.29, 1.82) is 0 Å². The number of aliphatic hydroxyl groups is 2. The van der Waals surface area contributed by atoms with E-state index in [2.05, 4.69) is 0 Å². The Balaban J connectivity index is 2.64. The van der Waals surface area contributed by atoms with E-state index in [0.717, 1.165) is 0 Å². The Morgan fingerprint density at radius 1 is 1.33 bits per heavy atom. The molecule has 0 bridgehead atoms. The number of unbranched alkanes of at least 4 members (excludes halogenated alkanes) is 1. The van der Waals surface area contributed by atoms with Crippen molar-refractivity contribution in [2.45, 2.75) is 25.4 Å². The summed E-state index contributed by atoms with van der Waals surface area (Å²) in [5.41, 5.74) is 0.223. The maximum absolute atomic E-state index is 13.3. The zero-order chi connectivity index (χ0) is 11.3. The van der Waals surface area contributed by atoms with Crippen LogP contribution in [-0.2, 0) is 0 Å². The van der Waals surface area contributed by atoms with Crippen LogP contribution in [0.1, 0.15) is 30.9 Å². The average Bonchev–Trinajstić information content (AvgIpc) is 2.22. The molecule has 1 aromatic carbocycles. The van der Waals surface area contributed by atoms with Crippen LogP contribution in [0.2, 0.25) is 5.02 Å². The van der Waals surface area contributed by atoms with Gasteiger partial charge in [-0.2, -0.15) is 0 Å². The van der Waals surface area contributed by atoms with Crippen LogP contribution in [0.15, 0.2) is 18.2 Å². The Bertz CT molecular complexity index is 317. The lowest BCUT2D eigenvalue weighted by Crippen LogP contribution is -2.01. The van der Waals surface area contributed by atoms with Gasteiger partial charge in [-0.05, 0) is 37.5 Å². The molecule has 0 fully saturated rings. The van der Waals surface area contributed by atoms with E-state index in [4.69, 9.17) is 16.7 Å². The van der Waals surface area contributed by atoms with Crippen molar-refractivity contribution < 1.29 is 14.6 Å². The summed E-state index contributed by atoms with van der Waals surface area (Å²) < 4.78 is 13.3. The maximum atomic E-state index is 13.3. The molecule has 0 saturated carbocycles. The van der Waals surface area contributed by atoms with Crippen molar-refractivity contribution in [3.8, 4) is 0 Å². The lowest BCUT2D eigenvalue weighted by Gasteiger charge is -2.11. The second kappa shape index (κ2) is 6.05. The van der Waals surface area contributed by atoms with E-state index in [9.17, 15) is 9.50 Å². The average molecular weight is 233 g/mol. The van der Waals surface area contributed by atoms with Crippen LogP contribution in [0.5, 0.6) is 0 Å². The lowest BCUT2D eigenvalue weighted by atomic mass is 10.0. The Hall–Kier alpha value is -0.640. The molecule has 1 rings (SSSR count). The summed E-state index contributed by atoms with van der Waals surface area (Å²) in [6.45, 7) is 0.0880. The normalized spacial score (nSPS) is 12.8. The van der Waals surface area contributed by atoms with Gasteiger partial charge in [-0.25, -0.2) is 4.39 Å². The second-order valence-corrected chi connectivity index (χ2v) is 3.84. The molecule has 0 saturated heterocycles. The van der Waals surface area contributed by atoms with Gasteiger partial charge in [0.05, 0.1) is 6.10 Å². The Kier molecular flexibility index (Phi) is 5.02. The van der Waals surface area contributed by atoms with Crippen molar-refractivity contribution in [3.63, 3.8) is 0 Å². The highest BCUT2D eigenvalue weighted by atomic mass is 35.5. The van der Waals surface area contributed by atoms with Crippen molar-refractivity contribution in [3.05, 3.63) is 34.6 Å². The highest BCUT2D eigenvalue weighted by Gasteiger charge is 2.12. The van der Waals surface area contributed by atoms with Crippen LogP contribution >= 0.6 is 11.6 Å². The Morgan fingerprint density at radius 3 is 2.73 bits per heavy atom. The molecule has 0 aliphatic carbocycles. The standard InChI is InChI=1S/C11H14ClFO2/c12-8-4-5-10(13)9(7-8)11(15)3-1-2-6-14/h4-5,7,11,14-15H,1-3,6H2. The third-order valence-electron chi connectivity index (χ3n) is 2.20. The number of hydrogen-bond acceptors (Lipinski definition) is 2. The highest BCUT2D eigenvalue weighted by Crippen LogP contribution is 2.24. The minimum Gasteiger partial charge on any atom is -0.396 e. The van der Waals surface area contributed by atoms with E-state index >= 15 is 0 Å². The molecular formula is C11H14ClFO2. The van der Waals surface area contributed by atoms with Crippen molar-refractivity contribution in [1.82, 2.24) is 0 Å². The van der Waals surface area contributed by atoms with Crippen LogP contribution in [-0.4, -0.2) is 16.8 Å². The second-order valence-electron chi connectivity index (χ2n) is 3.40. The molecule has 0 heterocycles. The van der Waals surface area contributed by atoms with E-state index < -0.39 is 11.9 Å². The molecule has 0 amide bonds. The molecule has 15 heavy (non-hydrogen) atoms. The van der Waals surface area contributed by atoms with Gasteiger partial charge in [-0.1, -0.05) is 11.6 Å². The molecule has 84 valence electrons. The number of rotatable bonds is 5. The van der Waals surface area contributed by atoms with Gasteiger partial charge in [-0.15, -0.1) is 0 Å². The zero-order valence-electron chi connectivity index (χ0n) is 8.29. The first-order valence-electron chi connectivity index (χ1n) is 4.89. The van der Waals surface area contributed by atoms with Gasteiger partial charge in [0.15, 0.2) is 0 Å². The van der Waals surface area contributed by atoms with E-state index in [-0.39, 0.29) is 12.2 Å². The molecule has 1 aromatic rings. The van der Waals surface area contributed by atoms with Crippen LogP contribution < -0.4 is 0 Å². The molecule has 2 nitrogen and oxygen atoms in total. The topological polar surface area (TPSA) is 40.5 Å². The summed E-state index contributed by atoms with van der Waals surface area (Å²) in [5.74, 6) is -0.448. The number of halogens is 2. The van der Waals surface area contributed by atoms with Gasteiger partial charge in [0.1, 0.15) is 5.82 Å². The number of aliphatic hydroxyl groups excluding tert-OH is 2.